The number of aliphatic hydroxyl groups is 2. The zero-order valence-electron chi connectivity index (χ0n) is 38.8. The Hall–Kier alpha value is -6.61. The Morgan fingerprint density at radius 2 is 0.957 bits per heavy atom. The molecule has 2 atom stereocenters. The van der Waals surface area contributed by atoms with E-state index >= 15 is 0 Å². The number of unbranched alkanes of at least 4 members (excludes halogenated alkanes) is 2. The first-order valence-corrected chi connectivity index (χ1v) is 23.6. The average Bonchev–Trinajstić information content (AvgIpc) is 3.93. The lowest BCUT2D eigenvalue weighted by Gasteiger charge is -2.22. The molecule has 0 saturated carbocycles. The molecule has 0 amide bonds. The summed E-state index contributed by atoms with van der Waals surface area (Å²) in [4.78, 5) is 88.4. The Morgan fingerprint density at radius 3 is 1.51 bits per heavy atom. The Labute approximate surface area is 424 Å². The Kier molecular flexibility index (Phi) is 17.8. The summed E-state index contributed by atoms with van der Waals surface area (Å²) < 4.78 is 20.7. The first-order chi connectivity index (χ1) is 32.9. The lowest BCUT2D eigenvalue weighted by atomic mass is 9.96. The monoisotopic (exact) mass is 1130 g/mol. The molecule has 366 valence electrons. The Balaban J connectivity index is 0.000000164. The molecule has 0 saturated heterocycles. The van der Waals surface area contributed by atoms with Gasteiger partial charge in [-0.25, -0.2) is 38.4 Å². The predicted octanol–water partition coefficient (Wildman–Crippen LogP) is 10.1. The van der Waals surface area contributed by atoms with Crippen molar-refractivity contribution in [2.24, 2.45) is 0 Å². The van der Waals surface area contributed by atoms with E-state index in [-0.39, 0.29) is 11.1 Å². The number of aromatic carboxylic acids is 2. The number of esters is 6. The molecule has 5 aromatic rings. The fourth-order valence-electron chi connectivity index (χ4n) is 7.42. The van der Waals surface area contributed by atoms with Crippen molar-refractivity contribution in [3.8, 4) is 0 Å². The van der Waals surface area contributed by atoms with Gasteiger partial charge < -0.3 is 39.4 Å². The molecule has 0 bridgehead atoms. The summed E-state index contributed by atoms with van der Waals surface area (Å²) in [5, 5.41) is 38.1. The fourth-order valence-corrected chi connectivity index (χ4v) is 8.79. The lowest BCUT2D eigenvalue weighted by molar-refractivity contribution is -0.169. The summed E-state index contributed by atoms with van der Waals surface area (Å²) in [6.07, 6.45) is 4.50. The first-order valence-electron chi connectivity index (χ1n) is 21.8. The van der Waals surface area contributed by atoms with Gasteiger partial charge in [-0.1, -0.05) is 77.5 Å². The zero-order chi connectivity index (χ0) is 51.8. The molecule has 4 N–H and O–H groups in total. The van der Waals surface area contributed by atoms with Crippen molar-refractivity contribution in [3.05, 3.63) is 171 Å². The van der Waals surface area contributed by atoms with Gasteiger partial charge in [-0.3, -0.25) is 0 Å². The smallest absolute Gasteiger partial charge is 0.346 e. The highest BCUT2D eigenvalue weighted by Crippen LogP contribution is 2.41. The molecule has 0 fully saturated rings. The van der Waals surface area contributed by atoms with Crippen molar-refractivity contribution in [1.82, 2.24) is 0 Å². The zero-order valence-corrected chi connectivity index (χ0v) is 42.5. The minimum atomic E-state index is -1.42. The summed E-state index contributed by atoms with van der Waals surface area (Å²) >= 11 is 5.30. The van der Waals surface area contributed by atoms with Crippen molar-refractivity contribution in [2.45, 2.75) is 91.6 Å². The van der Waals surface area contributed by atoms with Gasteiger partial charge in [0.05, 0.1) is 44.5 Å². The van der Waals surface area contributed by atoms with Crippen LogP contribution in [0.2, 0.25) is 0 Å². The molecule has 9 rings (SSSR count). The summed E-state index contributed by atoms with van der Waals surface area (Å²) in [5.41, 5.74) is 7.02. The van der Waals surface area contributed by atoms with Gasteiger partial charge in [0.15, 0.2) is 0 Å². The molecule has 0 radical (unpaired) electrons. The van der Waals surface area contributed by atoms with Crippen LogP contribution in [0, 0.1) is 31.3 Å². The third-order valence-electron chi connectivity index (χ3n) is 11.0. The normalized spacial score (nSPS) is 17.5. The molecular formula is C52H48BrIO16. The maximum Gasteiger partial charge on any atom is 0.346 e. The van der Waals surface area contributed by atoms with E-state index in [0.717, 1.165) is 56.0 Å². The van der Waals surface area contributed by atoms with Crippen LogP contribution in [0.1, 0.15) is 169 Å². The van der Waals surface area contributed by atoms with Crippen LogP contribution in [0.15, 0.2) is 89.4 Å². The summed E-state index contributed by atoms with van der Waals surface area (Å²) in [6.45, 7) is 11.5. The van der Waals surface area contributed by atoms with Crippen LogP contribution >= 0.6 is 38.5 Å². The van der Waals surface area contributed by atoms with Crippen LogP contribution in [-0.4, -0.2) is 68.2 Å². The maximum absolute atomic E-state index is 11.8. The van der Waals surface area contributed by atoms with Gasteiger partial charge in [0.2, 0.25) is 11.6 Å². The number of hydrogen-bond donors (Lipinski definition) is 4. The molecule has 4 heterocycles. The minimum Gasteiger partial charge on any atom is -0.478 e. The number of carboxylic acids is 2. The molecule has 5 aromatic carbocycles. The molecule has 2 unspecified atom stereocenters. The second kappa shape index (κ2) is 22.9. The van der Waals surface area contributed by atoms with Crippen molar-refractivity contribution < 1.29 is 77.7 Å². The number of carboxylic acid groups (broad SMARTS) is 2. The van der Waals surface area contributed by atoms with E-state index in [4.69, 9.17) is 19.7 Å². The van der Waals surface area contributed by atoms with E-state index in [1.165, 1.54) is 12.1 Å². The molecule has 70 heavy (non-hydrogen) atoms. The number of halogens is 2. The minimum absolute atomic E-state index is 0.174. The molecule has 0 aromatic heterocycles. The van der Waals surface area contributed by atoms with Crippen molar-refractivity contribution in [3.63, 3.8) is 0 Å². The second-order valence-electron chi connectivity index (χ2n) is 16.5. The van der Waals surface area contributed by atoms with E-state index in [1.807, 2.05) is 58.9 Å². The van der Waals surface area contributed by atoms with E-state index in [2.05, 4.69) is 48.0 Å². The number of carbonyl (C=O) groups is 8. The molecule has 0 aliphatic carbocycles. The fraction of sp³-hybridized carbons (Fsp3) is 0.269. The highest BCUT2D eigenvalue weighted by Gasteiger charge is 2.45. The van der Waals surface area contributed by atoms with Crippen LogP contribution in [0.5, 0.6) is 0 Å². The van der Waals surface area contributed by atoms with Gasteiger partial charge in [0, 0.05) is 32.0 Å². The van der Waals surface area contributed by atoms with Crippen LogP contribution in [-0.2, 0) is 30.5 Å². The number of carbonyl (C=O) groups excluding carboxylic acids is 6. The number of aryl methyl sites for hydroxylation is 4. The van der Waals surface area contributed by atoms with E-state index < -0.39 is 59.3 Å². The SMILES string of the molecule is CCCCC1(O)OC(=O)c2c(I)cc(C)cc21.CCCCC1(O)OC(=O)c2ccc(C)cc21.Cc1ccc(C(=O)O)c(C(=O)O)c1.Cc1ccc2c(c1)C(=O)OC2=O.O=C1OC(=O)c2cc(Br)ccc21. The van der Waals surface area contributed by atoms with Gasteiger partial charge >= 0.3 is 47.8 Å². The lowest BCUT2D eigenvalue weighted by Crippen LogP contribution is -2.25. The molecule has 4 aliphatic rings. The van der Waals surface area contributed by atoms with Crippen molar-refractivity contribution >= 4 is 86.3 Å². The van der Waals surface area contributed by atoms with Gasteiger partial charge in [0.1, 0.15) is 0 Å². The third kappa shape index (κ3) is 12.6. The Morgan fingerprint density at radius 1 is 0.514 bits per heavy atom. The average molecular weight is 1140 g/mol. The van der Waals surface area contributed by atoms with E-state index in [9.17, 15) is 48.6 Å². The van der Waals surface area contributed by atoms with Gasteiger partial charge in [0.25, 0.3) is 0 Å². The molecule has 18 heteroatoms. The maximum atomic E-state index is 11.8. The van der Waals surface area contributed by atoms with Crippen LogP contribution in [0.3, 0.4) is 0 Å². The number of benzene rings is 5. The van der Waals surface area contributed by atoms with Gasteiger partial charge in [-0.2, -0.15) is 0 Å². The van der Waals surface area contributed by atoms with Crippen LogP contribution < -0.4 is 0 Å². The third-order valence-corrected chi connectivity index (χ3v) is 12.3. The summed E-state index contributed by atoms with van der Waals surface area (Å²) in [5.74, 6) is -8.34. The highest BCUT2D eigenvalue weighted by atomic mass is 127. The van der Waals surface area contributed by atoms with Crippen molar-refractivity contribution in [1.29, 1.82) is 0 Å². The molecule has 0 spiro atoms. The number of ether oxygens (including phenoxy) is 4. The first kappa shape index (κ1) is 54.3. The predicted molar refractivity (Wildman–Crippen MR) is 263 cm³/mol. The quantitative estimate of drug-likeness (QED) is 0.0488. The van der Waals surface area contributed by atoms with Crippen molar-refractivity contribution in [2.75, 3.05) is 0 Å². The second-order valence-corrected chi connectivity index (χ2v) is 18.6. The molecular weight excluding hydrogens is 1090 g/mol. The van der Waals surface area contributed by atoms with Crippen LogP contribution in [0.25, 0.3) is 0 Å². The Bertz CT molecular complexity index is 2870. The van der Waals surface area contributed by atoms with Gasteiger partial charge in [-0.05, 0) is 135 Å². The molecule has 4 aliphatic heterocycles. The van der Waals surface area contributed by atoms with Crippen LogP contribution in [0.4, 0.5) is 0 Å². The van der Waals surface area contributed by atoms with Gasteiger partial charge in [-0.15, -0.1) is 0 Å². The molecule has 16 nitrogen and oxygen atoms in total. The topological polar surface area (TPSA) is 254 Å². The summed E-state index contributed by atoms with van der Waals surface area (Å²) in [7, 11) is 0. The number of rotatable bonds is 8. The number of hydrogen-bond acceptors (Lipinski definition) is 14. The van der Waals surface area contributed by atoms with E-state index in [1.54, 1.807) is 55.5 Å². The van der Waals surface area contributed by atoms with E-state index in [0.29, 0.717) is 57.3 Å². The highest BCUT2D eigenvalue weighted by molar-refractivity contribution is 14.1. The number of fused-ring (bicyclic) bond motifs is 4. The largest absolute Gasteiger partial charge is 0.478 e. The number of cyclic esters (lactones) is 6. The summed E-state index contributed by atoms with van der Waals surface area (Å²) in [6, 6.07) is 23.2. The standard InChI is InChI=1S/C13H15IO3.C13H16O3.C9H8O4.C9H6O3.C8H3BrO3/c1-3-4-5-13(16)9-6-8(2)7-10(14)11(9)12(15)17-13;1-3-4-7-13(15)11-8-9(2)5-6-10(11)12(14)16-13;1-5-2-3-6(8(10)11)7(4-5)9(12)13;1-5-2-3-6-7(4-5)9(11)12-8(6)10;9-4-1-2-5-6(3-4)8(11)12-7(5)10/h6-7,16H,3-5H2,1-2H3;5-6,8,15H,3-4,7H2,1-2H3;2-4H,1H3,(H,10,11)(H,12,13);2-4H,1H3;1-3H.